The van der Waals surface area contributed by atoms with Gasteiger partial charge in [-0.2, -0.15) is 0 Å². The second-order valence-corrected chi connectivity index (χ2v) is 15.2. The van der Waals surface area contributed by atoms with Crippen LogP contribution in [0.1, 0.15) is 0 Å². The van der Waals surface area contributed by atoms with Crippen LogP contribution in [-0.4, -0.2) is 0 Å². The maximum Gasteiger partial charge on any atom is 0.135 e. The molecule has 2 nitrogen and oxygen atoms in total. The fourth-order valence-corrected chi connectivity index (χ4v) is 9.43. The third-order valence-corrected chi connectivity index (χ3v) is 12.1. The minimum absolute atomic E-state index is 0.895. The highest BCUT2D eigenvalue weighted by Gasteiger charge is 2.20. The van der Waals surface area contributed by atoms with Crippen LogP contribution in [0.25, 0.3) is 86.3 Å². The number of thiophene rings is 1. The summed E-state index contributed by atoms with van der Waals surface area (Å²) in [5.41, 5.74) is 12.2. The molecule has 0 amide bonds. The quantitative estimate of drug-likeness (QED) is 0.170. The van der Waals surface area contributed by atoms with E-state index in [2.05, 4.69) is 193 Å². The lowest BCUT2D eigenvalue weighted by molar-refractivity contribution is 0.669. The number of hydrogen-bond acceptors (Lipinski definition) is 3. The van der Waals surface area contributed by atoms with Crippen molar-refractivity contribution in [1.82, 2.24) is 0 Å². The predicted octanol–water partition coefficient (Wildman–Crippen LogP) is 15.6. The van der Waals surface area contributed by atoms with Gasteiger partial charge >= 0.3 is 0 Å². The van der Waals surface area contributed by atoms with Crippen molar-refractivity contribution in [3.8, 4) is 33.4 Å². The average molecular weight is 720 g/mol. The van der Waals surface area contributed by atoms with Gasteiger partial charge in [-0.3, -0.25) is 0 Å². The molecule has 11 rings (SSSR count). The zero-order chi connectivity index (χ0) is 36.3. The van der Waals surface area contributed by atoms with Gasteiger partial charge in [0.15, 0.2) is 0 Å². The highest BCUT2D eigenvalue weighted by molar-refractivity contribution is 7.26. The first-order chi connectivity index (χ1) is 27.2. The van der Waals surface area contributed by atoms with E-state index in [0.29, 0.717) is 0 Å². The van der Waals surface area contributed by atoms with Gasteiger partial charge in [0, 0.05) is 47.9 Å². The lowest BCUT2D eigenvalue weighted by atomic mass is 9.98. The van der Waals surface area contributed by atoms with Gasteiger partial charge in [-0.1, -0.05) is 140 Å². The van der Waals surface area contributed by atoms with Crippen LogP contribution in [0.5, 0.6) is 0 Å². The molecule has 0 aliphatic carbocycles. The summed E-state index contributed by atoms with van der Waals surface area (Å²) in [4.78, 5) is 2.41. The van der Waals surface area contributed by atoms with E-state index >= 15 is 0 Å². The SMILES string of the molecule is c1cc(-c2cccc3c2sc2ccccc23)cc(N(c2ccc(-c3ccc4ccccc4c3)cc2)c2ccccc2-c2ccc3oc4ccccc4c3c2)c1. The minimum atomic E-state index is 0.895. The van der Waals surface area contributed by atoms with Gasteiger partial charge < -0.3 is 9.32 Å². The third-order valence-electron chi connectivity index (χ3n) is 10.9. The van der Waals surface area contributed by atoms with Gasteiger partial charge in [0.25, 0.3) is 0 Å². The number of fused-ring (bicyclic) bond motifs is 7. The Labute approximate surface area is 322 Å². The Kier molecular flexibility index (Phi) is 7.39. The second-order valence-electron chi connectivity index (χ2n) is 14.1. The Balaban J connectivity index is 1.08. The van der Waals surface area contributed by atoms with Gasteiger partial charge in [0.05, 0.1) is 5.69 Å². The summed E-state index contributed by atoms with van der Waals surface area (Å²) in [5.74, 6) is 0. The van der Waals surface area contributed by atoms with Crippen molar-refractivity contribution in [2.24, 2.45) is 0 Å². The Morgan fingerprint density at radius 3 is 1.96 bits per heavy atom. The second kappa shape index (κ2) is 12.9. The van der Waals surface area contributed by atoms with Gasteiger partial charge in [-0.15, -0.1) is 11.3 Å². The zero-order valence-electron chi connectivity index (χ0n) is 29.8. The molecule has 55 heavy (non-hydrogen) atoms. The van der Waals surface area contributed by atoms with E-state index in [1.54, 1.807) is 0 Å². The monoisotopic (exact) mass is 719 g/mol. The van der Waals surface area contributed by atoms with Crippen molar-refractivity contribution >= 4 is 81.3 Å². The Bertz CT molecular complexity index is 3220. The molecule has 0 unspecified atom stereocenters. The number of para-hydroxylation sites is 2. The highest BCUT2D eigenvalue weighted by atomic mass is 32.1. The van der Waals surface area contributed by atoms with Crippen LogP contribution in [0.3, 0.4) is 0 Å². The van der Waals surface area contributed by atoms with Gasteiger partial charge in [0.1, 0.15) is 11.2 Å². The number of nitrogens with zero attached hydrogens (tertiary/aromatic N) is 1. The number of anilines is 3. The van der Waals surface area contributed by atoms with Crippen LogP contribution in [0.15, 0.2) is 205 Å². The summed E-state index contributed by atoms with van der Waals surface area (Å²) in [5, 5.41) is 7.35. The zero-order valence-corrected chi connectivity index (χ0v) is 30.6. The van der Waals surface area contributed by atoms with Gasteiger partial charge in [-0.05, 0) is 99.3 Å². The van der Waals surface area contributed by atoms with Crippen molar-refractivity contribution in [2.75, 3.05) is 4.90 Å². The Morgan fingerprint density at radius 1 is 0.364 bits per heavy atom. The summed E-state index contributed by atoms with van der Waals surface area (Å²) in [6.07, 6.45) is 0. The summed E-state index contributed by atoms with van der Waals surface area (Å²) < 4.78 is 8.85. The van der Waals surface area contributed by atoms with Gasteiger partial charge in [0.2, 0.25) is 0 Å². The predicted molar refractivity (Wildman–Crippen MR) is 235 cm³/mol. The van der Waals surface area contributed by atoms with Crippen LogP contribution < -0.4 is 4.90 Å². The number of hydrogen-bond donors (Lipinski definition) is 0. The molecule has 258 valence electrons. The first-order valence-electron chi connectivity index (χ1n) is 18.7. The molecule has 0 radical (unpaired) electrons. The average Bonchev–Trinajstić information content (AvgIpc) is 3.82. The summed E-state index contributed by atoms with van der Waals surface area (Å²) in [6.45, 7) is 0. The molecule has 0 atom stereocenters. The Hall–Kier alpha value is -6.94. The number of furan rings is 1. The third kappa shape index (κ3) is 5.40. The van der Waals surface area contributed by atoms with Crippen LogP contribution in [0.4, 0.5) is 17.1 Å². The van der Waals surface area contributed by atoms with Crippen molar-refractivity contribution in [3.05, 3.63) is 200 Å². The van der Waals surface area contributed by atoms with Gasteiger partial charge in [-0.25, -0.2) is 0 Å². The summed E-state index contributed by atoms with van der Waals surface area (Å²) in [7, 11) is 0. The molecule has 11 aromatic rings. The number of benzene rings is 9. The fourth-order valence-electron chi connectivity index (χ4n) is 8.19. The van der Waals surface area contributed by atoms with E-state index in [4.69, 9.17) is 4.42 Å². The lowest BCUT2D eigenvalue weighted by Gasteiger charge is -2.28. The van der Waals surface area contributed by atoms with Crippen molar-refractivity contribution in [1.29, 1.82) is 0 Å². The lowest BCUT2D eigenvalue weighted by Crippen LogP contribution is -2.11. The standard InChI is InChI=1S/C52H33NOS/c1-2-12-36-31-37(24-23-34(36)11-1)35-25-28-40(29-26-35)53(41-14-9-13-38(32-41)43-18-10-19-46-45-17-5-8-22-51(45)55-52(43)46)48-20-6-3-15-42(48)39-27-30-50-47(33-39)44-16-4-7-21-49(44)54-50/h1-33H. The van der Waals surface area contributed by atoms with Crippen LogP contribution in [-0.2, 0) is 0 Å². The van der Waals surface area contributed by atoms with Crippen LogP contribution >= 0.6 is 11.3 Å². The molecule has 0 spiro atoms. The normalized spacial score (nSPS) is 11.6. The molecule has 0 aliphatic heterocycles. The molecular formula is C52H33NOS. The Morgan fingerprint density at radius 2 is 1.04 bits per heavy atom. The maximum atomic E-state index is 6.23. The first-order valence-corrected chi connectivity index (χ1v) is 19.5. The maximum absolute atomic E-state index is 6.23. The molecule has 0 fully saturated rings. The van der Waals surface area contributed by atoms with Crippen molar-refractivity contribution in [2.45, 2.75) is 0 Å². The molecule has 0 saturated heterocycles. The minimum Gasteiger partial charge on any atom is -0.456 e. The van der Waals surface area contributed by atoms with E-state index in [0.717, 1.165) is 50.1 Å². The molecule has 0 bridgehead atoms. The molecule has 2 heterocycles. The van der Waals surface area contributed by atoms with E-state index < -0.39 is 0 Å². The molecule has 9 aromatic carbocycles. The van der Waals surface area contributed by atoms with Crippen molar-refractivity contribution in [3.63, 3.8) is 0 Å². The van der Waals surface area contributed by atoms with E-state index in [-0.39, 0.29) is 0 Å². The highest BCUT2D eigenvalue weighted by Crippen LogP contribution is 2.45. The van der Waals surface area contributed by atoms with Crippen LogP contribution in [0, 0.1) is 0 Å². The fraction of sp³-hybridized carbons (Fsp3) is 0. The molecule has 0 N–H and O–H groups in total. The molecule has 0 aliphatic rings. The molecular weight excluding hydrogens is 687 g/mol. The topological polar surface area (TPSA) is 16.4 Å². The van der Waals surface area contributed by atoms with E-state index in [1.165, 1.54) is 53.2 Å². The molecule has 2 aromatic heterocycles. The molecule has 0 saturated carbocycles. The first kappa shape index (κ1) is 31.6. The largest absolute Gasteiger partial charge is 0.456 e. The van der Waals surface area contributed by atoms with E-state index in [1.807, 2.05) is 23.5 Å². The number of rotatable bonds is 6. The van der Waals surface area contributed by atoms with Crippen molar-refractivity contribution < 1.29 is 4.42 Å². The van der Waals surface area contributed by atoms with E-state index in [9.17, 15) is 0 Å². The molecule has 3 heteroatoms. The summed E-state index contributed by atoms with van der Waals surface area (Å²) >= 11 is 1.87. The van der Waals surface area contributed by atoms with Crippen LogP contribution in [0.2, 0.25) is 0 Å². The summed E-state index contributed by atoms with van der Waals surface area (Å²) in [6, 6.07) is 72.3. The smallest absolute Gasteiger partial charge is 0.135 e.